The lowest BCUT2D eigenvalue weighted by molar-refractivity contribution is 0.0950. The first-order chi connectivity index (χ1) is 13.2. The van der Waals surface area contributed by atoms with Crippen molar-refractivity contribution in [2.24, 2.45) is 5.10 Å². The number of methoxy groups -OCH3 is 3. The molecule has 0 atom stereocenters. The summed E-state index contributed by atoms with van der Waals surface area (Å²) in [5.74, 6) is 1.17. The molecule has 8 nitrogen and oxygen atoms in total. The smallest absolute Gasteiger partial charge is 0.291 e. The predicted molar refractivity (Wildman–Crippen MR) is 103 cm³/mol. The molecule has 2 aromatic heterocycles. The second kappa shape index (κ2) is 8.37. The average Bonchev–Trinajstić information content (AvgIpc) is 3.38. The van der Waals surface area contributed by atoms with E-state index in [-0.39, 0.29) is 5.69 Å². The SMILES string of the molecule is COc1cc(OC)c(OC)cc1C=NNC(=O)c1cc(-c2cccs2)[nH]n1. The molecule has 0 fully saturated rings. The highest BCUT2D eigenvalue weighted by molar-refractivity contribution is 7.13. The highest BCUT2D eigenvalue weighted by Gasteiger charge is 2.12. The summed E-state index contributed by atoms with van der Waals surface area (Å²) in [5, 5.41) is 12.8. The molecule has 1 amide bonds. The summed E-state index contributed by atoms with van der Waals surface area (Å²) < 4.78 is 15.8. The molecule has 0 radical (unpaired) electrons. The van der Waals surface area contributed by atoms with Crippen LogP contribution in [0, 0.1) is 0 Å². The van der Waals surface area contributed by atoms with Gasteiger partial charge in [-0.25, -0.2) is 5.43 Å². The van der Waals surface area contributed by atoms with Crippen LogP contribution in [0.5, 0.6) is 17.2 Å². The molecule has 0 saturated heterocycles. The predicted octanol–water partition coefficient (Wildman–Crippen LogP) is 2.93. The van der Waals surface area contributed by atoms with Crippen molar-refractivity contribution >= 4 is 23.5 Å². The van der Waals surface area contributed by atoms with Crippen LogP contribution in [-0.2, 0) is 0 Å². The minimum absolute atomic E-state index is 0.245. The average molecular weight is 386 g/mol. The van der Waals surface area contributed by atoms with Gasteiger partial charge < -0.3 is 14.2 Å². The molecule has 2 heterocycles. The van der Waals surface area contributed by atoms with Gasteiger partial charge in [0.25, 0.3) is 5.91 Å². The molecular weight excluding hydrogens is 368 g/mol. The van der Waals surface area contributed by atoms with Crippen LogP contribution in [0.1, 0.15) is 16.1 Å². The van der Waals surface area contributed by atoms with Gasteiger partial charge in [0.15, 0.2) is 17.2 Å². The Morgan fingerprint density at radius 1 is 1.15 bits per heavy atom. The number of aromatic nitrogens is 2. The Bertz CT molecular complexity index is 950. The second-order valence-electron chi connectivity index (χ2n) is 5.29. The van der Waals surface area contributed by atoms with Crippen molar-refractivity contribution < 1.29 is 19.0 Å². The first kappa shape index (κ1) is 18.5. The van der Waals surface area contributed by atoms with Crippen molar-refractivity contribution in [3.8, 4) is 27.8 Å². The van der Waals surface area contributed by atoms with Gasteiger partial charge in [-0.15, -0.1) is 11.3 Å². The van der Waals surface area contributed by atoms with Crippen LogP contribution in [-0.4, -0.2) is 43.6 Å². The number of benzene rings is 1. The molecule has 3 rings (SSSR count). The second-order valence-corrected chi connectivity index (χ2v) is 6.24. The molecule has 3 aromatic rings. The molecule has 0 spiro atoms. The first-order valence-electron chi connectivity index (χ1n) is 7.89. The largest absolute Gasteiger partial charge is 0.496 e. The number of thiophene rings is 1. The van der Waals surface area contributed by atoms with Crippen molar-refractivity contribution in [1.29, 1.82) is 0 Å². The molecule has 0 aliphatic carbocycles. The number of amides is 1. The molecule has 27 heavy (non-hydrogen) atoms. The van der Waals surface area contributed by atoms with Crippen molar-refractivity contribution in [2.75, 3.05) is 21.3 Å². The number of carbonyl (C=O) groups is 1. The minimum Gasteiger partial charge on any atom is -0.496 e. The normalized spacial score (nSPS) is 10.8. The third kappa shape index (κ3) is 4.09. The Balaban J connectivity index is 1.72. The number of rotatable bonds is 7. The molecular formula is C18H18N4O4S. The molecule has 0 aliphatic heterocycles. The van der Waals surface area contributed by atoms with Crippen LogP contribution in [0.3, 0.4) is 0 Å². The van der Waals surface area contributed by atoms with E-state index < -0.39 is 5.91 Å². The van der Waals surface area contributed by atoms with Crippen LogP contribution in [0.15, 0.2) is 40.8 Å². The lowest BCUT2D eigenvalue weighted by Crippen LogP contribution is -2.18. The van der Waals surface area contributed by atoms with Crippen LogP contribution < -0.4 is 19.6 Å². The van der Waals surface area contributed by atoms with E-state index in [1.54, 1.807) is 36.6 Å². The van der Waals surface area contributed by atoms with Gasteiger partial charge >= 0.3 is 0 Å². The summed E-state index contributed by atoms with van der Waals surface area (Å²) >= 11 is 1.56. The highest BCUT2D eigenvalue weighted by Crippen LogP contribution is 2.33. The Morgan fingerprint density at radius 3 is 2.56 bits per heavy atom. The number of ether oxygens (including phenoxy) is 3. The van der Waals surface area contributed by atoms with Crippen LogP contribution in [0.25, 0.3) is 10.6 Å². The summed E-state index contributed by atoms with van der Waals surface area (Å²) in [4.78, 5) is 13.2. The number of carbonyl (C=O) groups excluding carboxylic acids is 1. The van der Waals surface area contributed by atoms with Crippen LogP contribution in [0.4, 0.5) is 0 Å². The van der Waals surface area contributed by atoms with E-state index >= 15 is 0 Å². The number of H-pyrrole nitrogens is 1. The number of nitrogens with zero attached hydrogens (tertiary/aromatic N) is 2. The highest BCUT2D eigenvalue weighted by atomic mass is 32.1. The third-order valence-electron chi connectivity index (χ3n) is 3.70. The van der Waals surface area contributed by atoms with E-state index in [0.29, 0.717) is 22.8 Å². The third-order valence-corrected chi connectivity index (χ3v) is 4.61. The molecule has 0 aliphatic rings. The van der Waals surface area contributed by atoms with E-state index in [1.165, 1.54) is 20.4 Å². The topological polar surface area (TPSA) is 97.8 Å². The monoisotopic (exact) mass is 386 g/mol. The number of aromatic amines is 1. The van der Waals surface area contributed by atoms with Gasteiger partial charge in [0.1, 0.15) is 5.75 Å². The quantitative estimate of drug-likeness (QED) is 0.481. The van der Waals surface area contributed by atoms with Crippen LogP contribution in [0.2, 0.25) is 0 Å². The summed E-state index contributed by atoms with van der Waals surface area (Å²) in [6.07, 6.45) is 1.46. The Kier molecular flexibility index (Phi) is 5.72. The zero-order chi connectivity index (χ0) is 19.2. The zero-order valence-electron chi connectivity index (χ0n) is 15.0. The zero-order valence-corrected chi connectivity index (χ0v) is 15.8. The fourth-order valence-corrected chi connectivity index (χ4v) is 3.06. The standard InChI is InChI=1S/C18H18N4O4S/c1-24-14-9-16(26-3)15(25-2)7-11(14)10-19-22-18(23)13-8-12(20-21-13)17-5-4-6-27-17/h4-10H,1-3H3,(H,20,21)(H,22,23). The number of hydrogen-bond donors (Lipinski definition) is 2. The summed E-state index contributed by atoms with van der Waals surface area (Å²) in [5.41, 5.74) is 4.09. The molecule has 0 saturated carbocycles. The lowest BCUT2D eigenvalue weighted by Gasteiger charge is -2.11. The summed E-state index contributed by atoms with van der Waals surface area (Å²) in [7, 11) is 4.61. The fourth-order valence-electron chi connectivity index (χ4n) is 2.37. The minimum atomic E-state index is -0.426. The van der Waals surface area contributed by atoms with E-state index in [0.717, 1.165) is 10.6 Å². The van der Waals surface area contributed by atoms with Gasteiger partial charge in [-0.1, -0.05) is 6.07 Å². The molecule has 0 unspecified atom stereocenters. The van der Waals surface area contributed by atoms with E-state index in [4.69, 9.17) is 14.2 Å². The van der Waals surface area contributed by atoms with Crippen molar-refractivity contribution in [3.05, 3.63) is 47.0 Å². The van der Waals surface area contributed by atoms with Crippen molar-refractivity contribution in [2.45, 2.75) is 0 Å². The Morgan fingerprint density at radius 2 is 1.89 bits per heavy atom. The molecule has 1 aromatic carbocycles. The summed E-state index contributed by atoms with van der Waals surface area (Å²) in [6, 6.07) is 8.94. The lowest BCUT2D eigenvalue weighted by atomic mass is 10.2. The maximum atomic E-state index is 12.2. The number of hydrogen-bond acceptors (Lipinski definition) is 7. The van der Waals surface area contributed by atoms with Crippen molar-refractivity contribution in [1.82, 2.24) is 15.6 Å². The van der Waals surface area contributed by atoms with Gasteiger partial charge in [-0.05, 0) is 23.6 Å². The van der Waals surface area contributed by atoms with Gasteiger partial charge in [0, 0.05) is 11.6 Å². The Labute approximate surface area is 159 Å². The van der Waals surface area contributed by atoms with E-state index in [9.17, 15) is 4.79 Å². The number of hydrazone groups is 1. The molecule has 0 bridgehead atoms. The number of nitrogens with one attached hydrogen (secondary N) is 2. The Hall–Kier alpha value is -3.33. The van der Waals surface area contributed by atoms with Gasteiger partial charge in [0.05, 0.1) is 38.1 Å². The summed E-state index contributed by atoms with van der Waals surface area (Å²) in [6.45, 7) is 0. The fraction of sp³-hybridized carbons (Fsp3) is 0.167. The van der Waals surface area contributed by atoms with E-state index in [2.05, 4.69) is 20.7 Å². The molecule has 140 valence electrons. The maximum absolute atomic E-state index is 12.2. The molecule has 9 heteroatoms. The van der Waals surface area contributed by atoms with Gasteiger partial charge in [-0.2, -0.15) is 10.2 Å². The van der Waals surface area contributed by atoms with Gasteiger partial charge in [-0.3, -0.25) is 9.89 Å². The van der Waals surface area contributed by atoms with Gasteiger partial charge in [0.2, 0.25) is 0 Å². The molecule has 2 N–H and O–H groups in total. The maximum Gasteiger partial charge on any atom is 0.291 e. The van der Waals surface area contributed by atoms with E-state index in [1.807, 2.05) is 17.5 Å². The van der Waals surface area contributed by atoms with Crippen LogP contribution >= 0.6 is 11.3 Å². The first-order valence-corrected chi connectivity index (χ1v) is 8.77. The van der Waals surface area contributed by atoms with Crippen molar-refractivity contribution in [3.63, 3.8) is 0 Å².